The van der Waals surface area contributed by atoms with Crippen molar-refractivity contribution < 1.29 is 18.6 Å². The third kappa shape index (κ3) is 6.99. The Balaban J connectivity index is 1.36. The van der Waals surface area contributed by atoms with Crippen molar-refractivity contribution in [2.24, 2.45) is 0 Å². The molecule has 156 valence electrons. The van der Waals surface area contributed by atoms with E-state index in [4.69, 9.17) is 18.6 Å². The zero-order valence-electron chi connectivity index (χ0n) is 17.2. The molecule has 0 saturated carbocycles. The lowest BCUT2D eigenvalue weighted by Crippen LogP contribution is -2.05. The molecule has 0 amide bonds. The molecule has 1 aromatic carbocycles. The number of benzene rings is 1. The molecule has 3 aromatic rings. The van der Waals surface area contributed by atoms with E-state index < -0.39 is 0 Å². The molecule has 2 heterocycles. The zero-order valence-corrected chi connectivity index (χ0v) is 18.0. The summed E-state index contributed by atoms with van der Waals surface area (Å²) >= 11 is 1.63. The van der Waals surface area contributed by atoms with Crippen LogP contribution < -0.4 is 4.74 Å². The number of ether oxygens (including phenoxy) is 3. The van der Waals surface area contributed by atoms with Gasteiger partial charge >= 0.3 is 0 Å². The van der Waals surface area contributed by atoms with Crippen molar-refractivity contribution in [2.75, 3.05) is 33.0 Å². The van der Waals surface area contributed by atoms with E-state index in [0.29, 0.717) is 25.7 Å². The highest BCUT2D eigenvalue weighted by Crippen LogP contribution is 2.26. The van der Waals surface area contributed by atoms with E-state index in [2.05, 4.69) is 17.1 Å². The number of thiophene rings is 1. The summed E-state index contributed by atoms with van der Waals surface area (Å²) in [6.07, 6.45) is 2.73. The number of aryl methyl sites for hydroxylation is 2. The highest BCUT2D eigenvalue weighted by atomic mass is 32.1. The third-order valence-electron chi connectivity index (χ3n) is 4.49. The van der Waals surface area contributed by atoms with Crippen molar-refractivity contribution in [3.05, 3.63) is 58.8 Å². The molecule has 3 rings (SSSR count). The van der Waals surface area contributed by atoms with Crippen LogP contribution >= 0.6 is 11.3 Å². The van der Waals surface area contributed by atoms with Gasteiger partial charge in [-0.05, 0) is 55.8 Å². The summed E-state index contributed by atoms with van der Waals surface area (Å²) in [5.41, 5.74) is 2.24. The molecule has 0 atom stereocenters. The zero-order chi connectivity index (χ0) is 20.3. The molecule has 0 bridgehead atoms. The molecule has 6 heteroatoms. The summed E-state index contributed by atoms with van der Waals surface area (Å²) in [6.45, 7) is 7.36. The lowest BCUT2D eigenvalue weighted by atomic mass is 10.1. The molecule has 2 aromatic heterocycles. The predicted octanol–water partition coefficient (Wildman–Crippen LogP) is 5.32. The number of oxazole rings is 1. The molecule has 29 heavy (non-hydrogen) atoms. The van der Waals surface area contributed by atoms with Crippen molar-refractivity contribution in [1.29, 1.82) is 0 Å². The summed E-state index contributed by atoms with van der Waals surface area (Å²) in [5.74, 6) is 2.43. The number of hydrogen-bond acceptors (Lipinski definition) is 6. The van der Waals surface area contributed by atoms with Gasteiger partial charge in [-0.2, -0.15) is 0 Å². The van der Waals surface area contributed by atoms with E-state index in [1.165, 1.54) is 5.56 Å². The lowest BCUT2D eigenvalue weighted by Gasteiger charge is -2.07. The van der Waals surface area contributed by atoms with Crippen LogP contribution in [0.2, 0.25) is 0 Å². The fraction of sp³-hybridized carbons (Fsp3) is 0.435. The second-order valence-electron chi connectivity index (χ2n) is 6.65. The number of hydrogen-bond donors (Lipinski definition) is 0. The second-order valence-corrected chi connectivity index (χ2v) is 7.60. The van der Waals surface area contributed by atoms with Gasteiger partial charge in [-0.3, -0.25) is 0 Å². The van der Waals surface area contributed by atoms with E-state index in [9.17, 15) is 0 Å². The first-order valence-electron chi connectivity index (χ1n) is 10.1. The number of nitrogens with zero attached hydrogens (tertiary/aromatic N) is 1. The first-order valence-corrected chi connectivity index (χ1v) is 11.0. The Morgan fingerprint density at radius 3 is 2.55 bits per heavy atom. The summed E-state index contributed by atoms with van der Waals surface area (Å²) in [7, 11) is 0. The largest absolute Gasteiger partial charge is 0.493 e. The maximum Gasteiger partial charge on any atom is 0.236 e. The smallest absolute Gasteiger partial charge is 0.236 e. The molecule has 0 unspecified atom stereocenters. The van der Waals surface area contributed by atoms with Gasteiger partial charge in [0.05, 0.1) is 30.4 Å². The molecule has 0 aliphatic heterocycles. The summed E-state index contributed by atoms with van der Waals surface area (Å²) in [5, 5.41) is 2.02. The van der Waals surface area contributed by atoms with E-state index >= 15 is 0 Å². The number of aromatic nitrogens is 1. The van der Waals surface area contributed by atoms with E-state index in [1.54, 1.807) is 11.3 Å². The Morgan fingerprint density at radius 2 is 1.79 bits per heavy atom. The Kier molecular flexibility index (Phi) is 8.74. The van der Waals surface area contributed by atoms with Crippen LogP contribution in [0.4, 0.5) is 0 Å². The Bertz CT molecular complexity index is 827. The fourth-order valence-electron chi connectivity index (χ4n) is 2.93. The Labute approximate surface area is 176 Å². The Hall–Kier alpha value is -2.15. The molecule has 0 spiro atoms. The van der Waals surface area contributed by atoms with E-state index in [0.717, 1.165) is 54.6 Å². The molecular formula is C23H29NO4S. The number of rotatable bonds is 13. The van der Waals surface area contributed by atoms with Gasteiger partial charge < -0.3 is 18.6 Å². The van der Waals surface area contributed by atoms with Gasteiger partial charge in [0.1, 0.15) is 11.5 Å². The SMILES string of the molecule is CCOCCOCCCc1ccc(OCCc2nc(-c3cccs3)oc2C)cc1. The maximum atomic E-state index is 5.88. The van der Waals surface area contributed by atoms with Crippen LogP contribution in [0, 0.1) is 6.92 Å². The topological polar surface area (TPSA) is 53.7 Å². The normalized spacial score (nSPS) is 11.1. The molecule has 0 saturated heterocycles. The molecule has 0 radical (unpaired) electrons. The monoisotopic (exact) mass is 415 g/mol. The molecule has 0 aliphatic rings. The average Bonchev–Trinajstić information content (AvgIpc) is 3.39. The molecule has 5 nitrogen and oxygen atoms in total. The van der Waals surface area contributed by atoms with Gasteiger partial charge in [-0.15, -0.1) is 11.3 Å². The van der Waals surface area contributed by atoms with Crippen molar-refractivity contribution >= 4 is 11.3 Å². The standard InChI is InChI=1S/C23H29NO4S/c1-3-25-15-16-26-13-4-6-19-8-10-20(11-9-19)27-14-12-21-18(2)28-23(24-21)22-7-5-17-29-22/h5,7-11,17H,3-4,6,12-16H2,1-2H3. The van der Waals surface area contributed by atoms with E-state index in [1.807, 2.05) is 43.5 Å². The highest BCUT2D eigenvalue weighted by molar-refractivity contribution is 7.13. The first-order chi connectivity index (χ1) is 14.3. The van der Waals surface area contributed by atoms with Crippen LogP contribution in [0.5, 0.6) is 5.75 Å². The van der Waals surface area contributed by atoms with Gasteiger partial charge in [-0.25, -0.2) is 4.98 Å². The first kappa shape index (κ1) is 21.6. The minimum Gasteiger partial charge on any atom is -0.493 e. The van der Waals surface area contributed by atoms with Gasteiger partial charge in [0.2, 0.25) is 5.89 Å². The van der Waals surface area contributed by atoms with Crippen LogP contribution in [0.15, 0.2) is 46.2 Å². The molecule has 0 aliphatic carbocycles. The van der Waals surface area contributed by atoms with Gasteiger partial charge in [0.15, 0.2) is 0 Å². The van der Waals surface area contributed by atoms with Crippen LogP contribution in [0.3, 0.4) is 0 Å². The van der Waals surface area contributed by atoms with Crippen molar-refractivity contribution in [3.8, 4) is 16.5 Å². The molecule has 0 fully saturated rings. The van der Waals surface area contributed by atoms with Gasteiger partial charge in [-0.1, -0.05) is 18.2 Å². The minimum atomic E-state index is 0.574. The summed E-state index contributed by atoms with van der Waals surface area (Å²) < 4.78 is 22.5. The maximum absolute atomic E-state index is 5.88. The summed E-state index contributed by atoms with van der Waals surface area (Å²) in [4.78, 5) is 5.66. The predicted molar refractivity (Wildman–Crippen MR) is 116 cm³/mol. The van der Waals surface area contributed by atoms with Gasteiger partial charge in [0.25, 0.3) is 0 Å². The van der Waals surface area contributed by atoms with Crippen LogP contribution in [0.25, 0.3) is 10.8 Å². The van der Waals surface area contributed by atoms with Crippen molar-refractivity contribution in [2.45, 2.75) is 33.1 Å². The average molecular weight is 416 g/mol. The van der Waals surface area contributed by atoms with Crippen molar-refractivity contribution in [1.82, 2.24) is 4.98 Å². The third-order valence-corrected chi connectivity index (χ3v) is 5.34. The van der Waals surface area contributed by atoms with Gasteiger partial charge in [0, 0.05) is 19.6 Å². The lowest BCUT2D eigenvalue weighted by molar-refractivity contribution is 0.0520. The quantitative estimate of drug-likeness (QED) is 0.354. The van der Waals surface area contributed by atoms with Crippen molar-refractivity contribution in [3.63, 3.8) is 0 Å². The van der Waals surface area contributed by atoms with Crippen LogP contribution in [-0.4, -0.2) is 38.0 Å². The second kappa shape index (κ2) is 11.8. The molecule has 0 N–H and O–H groups in total. The fourth-order valence-corrected chi connectivity index (χ4v) is 3.58. The summed E-state index contributed by atoms with van der Waals surface area (Å²) in [6, 6.07) is 12.3. The Morgan fingerprint density at radius 1 is 0.966 bits per heavy atom. The highest BCUT2D eigenvalue weighted by Gasteiger charge is 2.12. The van der Waals surface area contributed by atoms with E-state index in [-0.39, 0.29) is 0 Å². The van der Waals surface area contributed by atoms with Crippen LogP contribution in [0.1, 0.15) is 30.4 Å². The molecular weight excluding hydrogens is 386 g/mol. The minimum absolute atomic E-state index is 0.574. The van der Waals surface area contributed by atoms with Crippen LogP contribution in [-0.2, 0) is 22.3 Å².